The lowest BCUT2D eigenvalue weighted by atomic mass is 9.98. The molecule has 2 aromatic carbocycles. The zero-order chi connectivity index (χ0) is 23.4. The van der Waals surface area contributed by atoms with Crippen molar-refractivity contribution in [3.63, 3.8) is 0 Å². The van der Waals surface area contributed by atoms with Crippen molar-refractivity contribution in [2.24, 2.45) is 11.8 Å². The number of alkyl carbamates (subject to hydrolysis) is 1. The number of hydrogen-bond donors (Lipinski definition) is 3. The van der Waals surface area contributed by atoms with Crippen molar-refractivity contribution in [3.05, 3.63) is 59.7 Å². The van der Waals surface area contributed by atoms with E-state index in [2.05, 4.69) is 35.1 Å². The first-order valence-electron chi connectivity index (χ1n) is 11.2. The normalized spacial score (nSPS) is 16.3. The maximum atomic E-state index is 12.4. The van der Waals surface area contributed by atoms with Crippen LogP contribution in [-0.2, 0) is 19.2 Å². The highest BCUT2D eigenvalue weighted by Gasteiger charge is 2.33. The van der Waals surface area contributed by atoms with Gasteiger partial charge in [-0.2, -0.15) is 0 Å². The van der Waals surface area contributed by atoms with Gasteiger partial charge < -0.3 is 15.2 Å². The van der Waals surface area contributed by atoms with Gasteiger partial charge in [0.1, 0.15) is 6.61 Å². The zero-order valence-electron chi connectivity index (χ0n) is 18.5. The highest BCUT2D eigenvalue weighted by atomic mass is 16.7. The van der Waals surface area contributed by atoms with Crippen LogP contribution in [0.3, 0.4) is 0 Å². The summed E-state index contributed by atoms with van der Waals surface area (Å²) >= 11 is 0. The number of carboxylic acid groups (broad SMARTS) is 1. The molecule has 2 atom stereocenters. The van der Waals surface area contributed by atoms with Gasteiger partial charge in [0, 0.05) is 18.9 Å². The number of nitrogens with one attached hydrogen (secondary N) is 2. The van der Waals surface area contributed by atoms with Crippen LogP contribution in [0.1, 0.15) is 43.2 Å². The molecule has 1 saturated carbocycles. The van der Waals surface area contributed by atoms with E-state index in [-0.39, 0.29) is 24.9 Å². The number of benzene rings is 2. The molecular weight excluding hydrogens is 424 g/mol. The molecule has 0 aromatic heterocycles. The Morgan fingerprint density at radius 1 is 1.03 bits per heavy atom. The second kappa shape index (κ2) is 10.0. The van der Waals surface area contributed by atoms with Crippen LogP contribution in [-0.4, -0.2) is 42.3 Å². The fraction of sp³-hybridized carbons (Fsp3) is 0.400. The van der Waals surface area contributed by atoms with Gasteiger partial charge in [-0.1, -0.05) is 48.5 Å². The molecule has 2 aromatic rings. The Morgan fingerprint density at radius 2 is 1.64 bits per heavy atom. The third kappa shape index (κ3) is 5.51. The lowest BCUT2D eigenvalue weighted by Crippen LogP contribution is -2.36. The summed E-state index contributed by atoms with van der Waals surface area (Å²) in [6.07, 6.45) is 0.486. The molecule has 0 aliphatic heterocycles. The molecule has 0 radical (unpaired) electrons. The van der Waals surface area contributed by atoms with Crippen molar-refractivity contribution in [2.75, 3.05) is 13.2 Å². The molecule has 4 rings (SSSR count). The lowest BCUT2D eigenvalue weighted by Gasteiger charge is -2.18. The summed E-state index contributed by atoms with van der Waals surface area (Å²) in [5.41, 5.74) is 6.81. The van der Waals surface area contributed by atoms with Crippen molar-refractivity contribution < 1.29 is 29.1 Å². The Morgan fingerprint density at radius 3 is 2.21 bits per heavy atom. The third-order valence-corrected chi connectivity index (χ3v) is 6.29. The topological polar surface area (TPSA) is 114 Å². The van der Waals surface area contributed by atoms with E-state index in [4.69, 9.17) is 14.7 Å². The smallest absolute Gasteiger partial charge is 0.407 e. The molecule has 174 valence electrons. The lowest BCUT2D eigenvalue weighted by molar-refractivity contribution is -0.159. The number of carboxylic acids is 1. The second-order valence-corrected chi connectivity index (χ2v) is 8.63. The number of carbonyl (C=O) groups is 3. The quantitative estimate of drug-likeness (QED) is 0.476. The first-order chi connectivity index (χ1) is 15.9. The number of ether oxygens (including phenoxy) is 1. The Labute approximate surface area is 192 Å². The first-order valence-corrected chi connectivity index (χ1v) is 11.2. The molecule has 8 heteroatoms. The second-order valence-electron chi connectivity index (χ2n) is 8.63. The van der Waals surface area contributed by atoms with Crippen LogP contribution in [0.15, 0.2) is 48.5 Å². The monoisotopic (exact) mass is 452 g/mol. The number of rotatable bonds is 10. The van der Waals surface area contributed by atoms with Crippen LogP contribution in [0.2, 0.25) is 0 Å². The third-order valence-electron chi connectivity index (χ3n) is 6.29. The molecule has 2 amide bonds. The molecular formula is C25H28N2O6. The molecule has 8 nitrogen and oxygen atoms in total. The maximum Gasteiger partial charge on any atom is 0.407 e. The molecule has 2 aliphatic rings. The average Bonchev–Trinajstić information content (AvgIpc) is 3.61. The number of hydrogen-bond acceptors (Lipinski definition) is 5. The van der Waals surface area contributed by atoms with Crippen LogP contribution < -0.4 is 10.8 Å². The van der Waals surface area contributed by atoms with E-state index in [9.17, 15) is 14.4 Å². The Hall–Kier alpha value is -3.39. The van der Waals surface area contributed by atoms with Crippen LogP contribution in [0.4, 0.5) is 4.79 Å². The number of aliphatic carboxylic acids is 1. The number of fused-ring (bicyclic) bond motifs is 3. The van der Waals surface area contributed by atoms with E-state index in [1.807, 2.05) is 24.3 Å². The fourth-order valence-corrected chi connectivity index (χ4v) is 4.32. The predicted octanol–water partition coefficient (Wildman–Crippen LogP) is 3.46. The average molecular weight is 453 g/mol. The minimum absolute atomic E-state index is 0.0125. The Balaban J connectivity index is 1.27. The SMILES string of the molecule is CC(ONC(=O)CC(CNC(=O)OCC1c2ccccc2-c2ccccc21)C1CC1)C(=O)O. The molecule has 0 spiro atoms. The summed E-state index contributed by atoms with van der Waals surface area (Å²) in [4.78, 5) is 40.2. The van der Waals surface area contributed by atoms with E-state index in [1.54, 1.807) is 0 Å². The molecule has 0 saturated heterocycles. The van der Waals surface area contributed by atoms with Crippen LogP contribution in [0, 0.1) is 11.8 Å². The first kappa shape index (κ1) is 22.8. The summed E-state index contributed by atoms with van der Waals surface area (Å²) in [6, 6.07) is 16.3. The van der Waals surface area contributed by atoms with Gasteiger partial charge in [-0.3, -0.25) is 9.63 Å². The highest BCUT2D eigenvalue weighted by molar-refractivity contribution is 5.79. The van der Waals surface area contributed by atoms with Crippen molar-refractivity contribution in [1.29, 1.82) is 0 Å². The van der Waals surface area contributed by atoms with Gasteiger partial charge in [0.15, 0.2) is 6.10 Å². The van der Waals surface area contributed by atoms with Gasteiger partial charge in [0.25, 0.3) is 0 Å². The zero-order valence-corrected chi connectivity index (χ0v) is 18.5. The van der Waals surface area contributed by atoms with Gasteiger partial charge in [-0.25, -0.2) is 15.1 Å². The van der Waals surface area contributed by atoms with Gasteiger partial charge in [0.2, 0.25) is 5.91 Å². The fourth-order valence-electron chi connectivity index (χ4n) is 4.32. The van der Waals surface area contributed by atoms with Gasteiger partial charge >= 0.3 is 12.1 Å². The van der Waals surface area contributed by atoms with Crippen molar-refractivity contribution in [1.82, 2.24) is 10.8 Å². The van der Waals surface area contributed by atoms with Crippen LogP contribution >= 0.6 is 0 Å². The standard InChI is InChI=1S/C25H28N2O6/c1-15(24(29)30)33-27-23(28)12-17(16-10-11-16)13-26-25(31)32-14-22-20-8-4-2-6-18(20)19-7-3-5-9-21(19)22/h2-9,15-17,22H,10-14H2,1H3,(H,26,31)(H,27,28)(H,29,30). The molecule has 2 aliphatic carbocycles. The van der Waals surface area contributed by atoms with Crippen molar-refractivity contribution in [2.45, 2.75) is 38.2 Å². The molecule has 0 heterocycles. The van der Waals surface area contributed by atoms with E-state index < -0.39 is 24.1 Å². The summed E-state index contributed by atoms with van der Waals surface area (Å²) in [6.45, 7) is 1.87. The number of amides is 2. The molecule has 33 heavy (non-hydrogen) atoms. The number of hydroxylamine groups is 1. The van der Waals surface area contributed by atoms with Gasteiger partial charge in [-0.05, 0) is 53.9 Å². The van der Waals surface area contributed by atoms with E-state index in [1.165, 1.54) is 18.1 Å². The maximum absolute atomic E-state index is 12.4. The van der Waals surface area contributed by atoms with E-state index >= 15 is 0 Å². The minimum Gasteiger partial charge on any atom is -0.479 e. The summed E-state index contributed by atoms with van der Waals surface area (Å²) in [5, 5.41) is 11.6. The van der Waals surface area contributed by atoms with E-state index in [0.29, 0.717) is 12.5 Å². The van der Waals surface area contributed by atoms with Gasteiger partial charge in [0.05, 0.1) is 0 Å². The van der Waals surface area contributed by atoms with Crippen LogP contribution in [0.25, 0.3) is 11.1 Å². The van der Waals surface area contributed by atoms with E-state index in [0.717, 1.165) is 24.0 Å². The van der Waals surface area contributed by atoms with Crippen molar-refractivity contribution >= 4 is 18.0 Å². The largest absolute Gasteiger partial charge is 0.479 e. The van der Waals surface area contributed by atoms with Gasteiger partial charge in [-0.15, -0.1) is 0 Å². The highest BCUT2D eigenvalue weighted by Crippen LogP contribution is 2.44. The molecule has 0 bridgehead atoms. The Bertz CT molecular complexity index is 990. The minimum atomic E-state index is -1.16. The summed E-state index contributed by atoms with van der Waals surface area (Å²) in [7, 11) is 0. The van der Waals surface area contributed by atoms with Crippen molar-refractivity contribution in [3.8, 4) is 11.1 Å². The summed E-state index contributed by atoms with van der Waals surface area (Å²) in [5.74, 6) is -1.29. The molecule has 1 fully saturated rings. The number of carbonyl (C=O) groups excluding carboxylic acids is 2. The Kier molecular flexibility index (Phi) is 6.93. The predicted molar refractivity (Wildman–Crippen MR) is 120 cm³/mol. The van der Waals surface area contributed by atoms with Crippen LogP contribution in [0.5, 0.6) is 0 Å². The molecule has 2 unspecified atom stereocenters. The molecule has 3 N–H and O–H groups in total. The summed E-state index contributed by atoms with van der Waals surface area (Å²) < 4.78 is 5.56.